The SMILES string of the molecule is CCOCC(=O)N(CC)C1CNC1. The Morgan fingerprint density at radius 3 is 2.62 bits per heavy atom. The van der Waals surface area contributed by atoms with Crippen LogP contribution in [0.1, 0.15) is 13.8 Å². The van der Waals surface area contributed by atoms with Gasteiger partial charge in [0.2, 0.25) is 5.91 Å². The highest BCUT2D eigenvalue weighted by molar-refractivity contribution is 5.77. The van der Waals surface area contributed by atoms with Crippen LogP contribution in [-0.4, -0.2) is 49.7 Å². The van der Waals surface area contributed by atoms with E-state index in [9.17, 15) is 4.79 Å². The molecule has 1 aliphatic rings. The molecule has 1 heterocycles. The summed E-state index contributed by atoms with van der Waals surface area (Å²) in [5.74, 6) is 0.107. The fraction of sp³-hybridized carbons (Fsp3) is 0.889. The number of nitrogens with one attached hydrogen (secondary N) is 1. The van der Waals surface area contributed by atoms with Gasteiger partial charge in [0.05, 0.1) is 6.04 Å². The molecule has 76 valence electrons. The molecule has 1 amide bonds. The van der Waals surface area contributed by atoms with Crippen LogP contribution in [0, 0.1) is 0 Å². The lowest BCUT2D eigenvalue weighted by Gasteiger charge is -2.37. The average molecular weight is 186 g/mol. The van der Waals surface area contributed by atoms with E-state index in [-0.39, 0.29) is 12.5 Å². The molecular formula is C9H18N2O2. The van der Waals surface area contributed by atoms with Gasteiger partial charge in [-0.3, -0.25) is 4.79 Å². The van der Waals surface area contributed by atoms with E-state index in [1.807, 2.05) is 18.7 Å². The van der Waals surface area contributed by atoms with Crippen molar-refractivity contribution in [2.75, 3.05) is 32.8 Å². The molecule has 0 bridgehead atoms. The molecule has 0 aromatic carbocycles. The first-order valence-electron chi connectivity index (χ1n) is 4.87. The summed E-state index contributed by atoms with van der Waals surface area (Å²) < 4.78 is 5.09. The molecule has 0 atom stereocenters. The molecule has 1 aliphatic heterocycles. The highest BCUT2D eigenvalue weighted by Crippen LogP contribution is 2.04. The minimum Gasteiger partial charge on any atom is -0.372 e. The van der Waals surface area contributed by atoms with Crippen LogP contribution in [0.2, 0.25) is 0 Å². The molecule has 0 spiro atoms. The molecule has 1 N–H and O–H groups in total. The number of amides is 1. The second kappa shape index (κ2) is 5.19. The van der Waals surface area contributed by atoms with Gasteiger partial charge in [-0.1, -0.05) is 0 Å². The zero-order valence-electron chi connectivity index (χ0n) is 8.38. The Labute approximate surface area is 79.2 Å². The standard InChI is InChI=1S/C9H18N2O2/c1-3-11(8-5-10-6-8)9(12)7-13-4-2/h8,10H,3-7H2,1-2H3. The molecule has 0 aromatic heterocycles. The monoisotopic (exact) mass is 186 g/mol. The third-order valence-electron chi connectivity index (χ3n) is 2.29. The van der Waals surface area contributed by atoms with Gasteiger partial charge >= 0.3 is 0 Å². The summed E-state index contributed by atoms with van der Waals surface area (Å²) in [6.45, 7) is 7.35. The Kier molecular flexibility index (Phi) is 4.18. The fourth-order valence-corrected chi connectivity index (χ4v) is 1.40. The van der Waals surface area contributed by atoms with E-state index in [4.69, 9.17) is 4.74 Å². The first-order valence-corrected chi connectivity index (χ1v) is 4.87. The van der Waals surface area contributed by atoms with E-state index in [1.54, 1.807) is 0 Å². The van der Waals surface area contributed by atoms with Gasteiger partial charge in [0.15, 0.2) is 0 Å². The van der Waals surface area contributed by atoms with Crippen LogP contribution in [0.5, 0.6) is 0 Å². The van der Waals surface area contributed by atoms with Crippen molar-refractivity contribution in [1.29, 1.82) is 0 Å². The van der Waals surface area contributed by atoms with Crippen molar-refractivity contribution in [3.8, 4) is 0 Å². The quantitative estimate of drug-likeness (QED) is 0.649. The van der Waals surface area contributed by atoms with E-state index in [2.05, 4.69) is 5.32 Å². The number of rotatable bonds is 5. The van der Waals surface area contributed by atoms with Crippen molar-refractivity contribution in [3.63, 3.8) is 0 Å². The largest absolute Gasteiger partial charge is 0.372 e. The van der Waals surface area contributed by atoms with Crippen molar-refractivity contribution < 1.29 is 9.53 Å². The number of carbonyl (C=O) groups is 1. The smallest absolute Gasteiger partial charge is 0.248 e. The second-order valence-corrected chi connectivity index (χ2v) is 3.13. The van der Waals surface area contributed by atoms with Crippen LogP contribution in [0.25, 0.3) is 0 Å². The maximum atomic E-state index is 11.5. The first-order chi connectivity index (χ1) is 6.29. The van der Waals surface area contributed by atoms with E-state index < -0.39 is 0 Å². The van der Waals surface area contributed by atoms with Gasteiger partial charge in [0.1, 0.15) is 6.61 Å². The third kappa shape index (κ3) is 2.67. The molecule has 0 radical (unpaired) electrons. The molecular weight excluding hydrogens is 168 g/mol. The van der Waals surface area contributed by atoms with Gasteiger partial charge < -0.3 is 15.0 Å². The molecule has 1 fully saturated rings. The van der Waals surface area contributed by atoms with Gasteiger partial charge in [-0.2, -0.15) is 0 Å². The Morgan fingerprint density at radius 2 is 2.23 bits per heavy atom. The predicted octanol–water partition coefficient (Wildman–Crippen LogP) is -0.157. The zero-order chi connectivity index (χ0) is 9.68. The Bertz CT molecular complexity index is 169. The van der Waals surface area contributed by atoms with Crippen molar-refractivity contribution in [2.24, 2.45) is 0 Å². The highest BCUT2D eigenvalue weighted by atomic mass is 16.5. The number of hydrogen-bond acceptors (Lipinski definition) is 3. The van der Waals surface area contributed by atoms with Gasteiger partial charge in [0.25, 0.3) is 0 Å². The summed E-state index contributed by atoms with van der Waals surface area (Å²) in [7, 11) is 0. The van der Waals surface area contributed by atoms with Gasteiger partial charge in [-0.05, 0) is 13.8 Å². The lowest BCUT2D eigenvalue weighted by Crippen LogP contribution is -2.59. The predicted molar refractivity (Wildman–Crippen MR) is 50.5 cm³/mol. The van der Waals surface area contributed by atoms with Crippen molar-refractivity contribution in [1.82, 2.24) is 10.2 Å². The van der Waals surface area contributed by atoms with Crippen LogP contribution in [0.15, 0.2) is 0 Å². The molecule has 0 saturated carbocycles. The summed E-state index contributed by atoms with van der Waals surface area (Å²) >= 11 is 0. The second-order valence-electron chi connectivity index (χ2n) is 3.13. The van der Waals surface area contributed by atoms with Gasteiger partial charge in [0, 0.05) is 26.2 Å². The molecule has 4 heteroatoms. The maximum Gasteiger partial charge on any atom is 0.248 e. The van der Waals surface area contributed by atoms with Gasteiger partial charge in [-0.25, -0.2) is 0 Å². The number of likely N-dealkylation sites (N-methyl/N-ethyl adjacent to an activating group) is 1. The Balaban J connectivity index is 2.31. The summed E-state index contributed by atoms with van der Waals surface area (Å²) in [4.78, 5) is 13.4. The number of ether oxygens (including phenoxy) is 1. The molecule has 0 aromatic rings. The van der Waals surface area contributed by atoms with Crippen molar-refractivity contribution in [2.45, 2.75) is 19.9 Å². The fourth-order valence-electron chi connectivity index (χ4n) is 1.40. The molecule has 4 nitrogen and oxygen atoms in total. The maximum absolute atomic E-state index is 11.5. The Hall–Kier alpha value is -0.610. The normalized spacial score (nSPS) is 16.8. The van der Waals surface area contributed by atoms with E-state index >= 15 is 0 Å². The third-order valence-corrected chi connectivity index (χ3v) is 2.29. The summed E-state index contributed by atoms with van der Waals surface area (Å²) in [5, 5.41) is 3.15. The minimum absolute atomic E-state index is 0.107. The lowest BCUT2D eigenvalue weighted by atomic mass is 10.1. The summed E-state index contributed by atoms with van der Waals surface area (Å²) in [6, 6.07) is 0.387. The summed E-state index contributed by atoms with van der Waals surface area (Å²) in [6.07, 6.45) is 0. The van der Waals surface area contributed by atoms with E-state index in [0.717, 1.165) is 19.6 Å². The van der Waals surface area contributed by atoms with Crippen molar-refractivity contribution >= 4 is 5.91 Å². The minimum atomic E-state index is 0.107. The van der Waals surface area contributed by atoms with Crippen LogP contribution in [-0.2, 0) is 9.53 Å². The topological polar surface area (TPSA) is 41.6 Å². The summed E-state index contributed by atoms with van der Waals surface area (Å²) in [5.41, 5.74) is 0. The molecule has 1 saturated heterocycles. The zero-order valence-corrected chi connectivity index (χ0v) is 8.38. The van der Waals surface area contributed by atoms with E-state index in [1.165, 1.54) is 0 Å². The van der Waals surface area contributed by atoms with Crippen LogP contribution in [0.3, 0.4) is 0 Å². The number of nitrogens with zero attached hydrogens (tertiary/aromatic N) is 1. The van der Waals surface area contributed by atoms with Crippen LogP contribution >= 0.6 is 0 Å². The van der Waals surface area contributed by atoms with Crippen LogP contribution < -0.4 is 5.32 Å². The average Bonchev–Trinajstić information content (AvgIpc) is 2.06. The highest BCUT2D eigenvalue weighted by Gasteiger charge is 2.26. The number of hydrogen-bond donors (Lipinski definition) is 1. The van der Waals surface area contributed by atoms with Crippen LogP contribution in [0.4, 0.5) is 0 Å². The first kappa shape index (κ1) is 10.5. The lowest BCUT2D eigenvalue weighted by molar-refractivity contribution is -0.139. The van der Waals surface area contributed by atoms with Crippen molar-refractivity contribution in [3.05, 3.63) is 0 Å². The Morgan fingerprint density at radius 1 is 1.54 bits per heavy atom. The van der Waals surface area contributed by atoms with E-state index in [0.29, 0.717) is 12.6 Å². The number of carbonyl (C=O) groups excluding carboxylic acids is 1. The molecule has 1 rings (SSSR count). The molecule has 0 aliphatic carbocycles. The molecule has 13 heavy (non-hydrogen) atoms. The van der Waals surface area contributed by atoms with Gasteiger partial charge in [-0.15, -0.1) is 0 Å². The molecule has 0 unspecified atom stereocenters.